The minimum absolute atomic E-state index is 0.0403. The van der Waals surface area contributed by atoms with Gasteiger partial charge in [0.05, 0.1) is 23.1 Å². The standard InChI is InChI=1S/C25H32ClN5O6/c1-13(2)21(27)25(36)37-12-19(32)17(10-15-6-4-8-28-23(15)34)30-20(33)11-29-24(35)18-9-14-5-3-7-16(26)22(14)31-18/h3,5,7,9,13,15,17,21,31H,4,6,8,10-12,27H2,1-2H3,(H,28,34)(H,29,35)(H,30,33). The summed E-state index contributed by atoms with van der Waals surface area (Å²) in [5.41, 5.74) is 6.58. The molecule has 1 aliphatic heterocycles. The molecule has 2 heterocycles. The van der Waals surface area contributed by atoms with E-state index in [-0.39, 0.29) is 23.9 Å². The van der Waals surface area contributed by atoms with E-state index in [4.69, 9.17) is 22.1 Å². The van der Waals surface area contributed by atoms with Crippen LogP contribution in [0.25, 0.3) is 10.9 Å². The Balaban J connectivity index is 1.61. The Morgan fingerprint density at radius 1 is 1.24 bits per heavy atom. The van der Waals surface area contributed by atoms with Crippen molar-refractivity contribution < 1.29 is 28.7 Å². The van der Waals surface area contributed by atoms with Crippen LogP contribution in [-0.2, 0) is 23.9 Å². The normalized spacial score (nSPS) is 17.1. The van der Waals surface area contributed by atoms with Gasteiger partial charge in [0, 0.05) is 17.8 Å². The number of piperidine rings is 1. The summed E-state index contributed by atoms with van der Waals surface area (Å²) in [6.45, 7) is 3.03. The number of aromatic amines is 1. The highest BCUT2D eigenvalue weighted by Gasteiger charge is 2.31. The van der Waals surface area contributed by atoms with Crippen LogP contribution < -0.4 is 21.7 Å². The van der Waals surface area contributed by atoms with Crippen LogP contribution >= 0.6 is 11.6 Å². The number of nitrogens with two attached hydrogens (primary N) is 1. The molecule has 0 bridgehead atoms. The third-order valence-electron chi connectivity index (χ3n) is 6.25. The van der Waals surface area contributed by atoms with E-state index in [0.717, 1.165) is 11.8 Å². The van der Waals surface area contributed by atoms with E-state index in [1.54, 1.807) is 38.1 Å². The molecule has 1 aromatic heterocycles. The number of Topliss-reactive ketones (excluding diaryl/α,β-unsaturated/α-hetero) is 1. The maximum atomic E-state index is 12.9. The van der Waals surface area contributed by atoms with E-state index in [2.05, 4.69) is 20.9 Å². The lowest BCUT2D eigenvalue weighted by Gasteiger charge is -2.26. The van der Waals surface area contributed by atoms with Gasteiger partial charge in [-0.3, -0.25) is 24.0 Å². The Bertz CT molecular complexity index is 1180. The fraction of sp³-hybridized carbons (Fsp3) is 0.480. The maximum absolute atomic E-state index is 12.9. The van der Waals surface area contributed by atoms with Crippen molar-refractivity contribution in [1.82, 2.24) is 20.9 Å². The van der Waals surface area contributed by atoms with Gasteiger partial charge in [-0.1, -0.05) is 37.6 Å². The molecule has 3 atom stereocenters. The lowest BCUT2D eigenvalue weighted by atomic mass is 9.90. The second-order valence-electron chi connectivity index (χ2n) is 9.40. The zero-order valence-corrected chi connectivity index (χ0v) is 21.5. The van der Waals surface area contributed by atoms with Gasteiger partial charge >= 0.3 is 5.97 Å². The number of ether oxygens (including phenoxy) is 1. The van der Waals surface area contributed by atoms with Gasteiger partial charge in [0.15, 0.2) is 12.4 Å². The highest BCUT2D eigenvalue weighted by atomic mass is 35.5. The molecule has 12 heteroatoms. The Labute approximate surface area is 219 Å². The molecule has 0 radical (unpaired) electrons. The molecule has 2 aromatic rings. The number of esters is 1. The van der Waals surface area contributed by atoms with Crippen molar-refractivity contribution >= 4 is 52.0 Å². The number of hydrogen-bond acceptors (Lipinski definition) is 7. The largest absolute Gasteiger partial charge is 0.456 e. The number of para-hydroxylation sites is 1. The Morgan fingerprint density at radius 3 is 2.68 bits per heavy atom. The number of benzene rings is 1. The van der Waals surface area contributed by atoms with Crippen molar-refractivity contribution in [2.24, 2.45) is 17.6 Å². The fourth-order valence-corrected chi connectivity index (χ4v) is 4.20. The van der Waals surface area contributed by atoms with Crippen LogP contribution in [0.4, 0.5) is 0 Å². The number of fused-ring (bicyclic) bond motifs is 1. The van der Waals surface area contributed by atoms with Gasteiger partial charge in [0.25, 0.3) is 5.91 Å². The lowest BCUT2D eigenvalue weighted by Crippen LogP contribution is -2.50. The number of aromatic nitrogens is 1. The molecule has 3 unspecified atom stereocenters. The molecule has 11 nitrogen and oxygen atoms in total. The van der Waals surface area contributed by atoms with Crippen molar-refractivity contribution in [3.05, 3.63) is 35.0 Å². The first-order valence-electron chi connectivity index (χ1n) is 12.1. The zero-order valence-electron chi connectivity index (χ0n) is 20.8. The number of halogens is 1. The summed E-state index contributed by atoms with van der Waals surface area (Å²) in [6.07, 6.45) is 1.34. The summed E-state index contributed by atoms with van der Waals surface area (Å²) in [4.78, 5) is 65.3. The van der Waals surface area contributed by atoms with Gasteiger partial charge in [-0.2, -0.15) is 0 Å². The molecule has 6 N–H and O–H groups in total. The van der Waals surface area contributed by atoms with E-state index in [9.17, 15) is 24.0 Å². The minimum atomic E-state index is -1.09. The molecule has 0 aliphatic carbocycles. The minimum Gasteiger partial charge on any atom is -0.456 e. The summed E-state index contributed by atoms with van der Waals surface area (Å²) in [5.74, 6) is -3.34. The van der Waals surface area contributed by atoms with Crippen LogP contribution in [0.5, 0.6) is 0 Å². The van der Waals surface area contributed by atoms with Crippen LogP contribution in [0.1, 0.15) is 43.6 Å². The fourth-order valence-electron chi connectivity index (χ4n) is 3.97. The smallest absolute Gasteiger partial charge is 0.323 e. The number of nitrogens with one attached hydrogen (secondary N) is 4. The van der Waals surface area contributed by atoms with E-state index < -0.39 is 54.7 Å². The van der Waals surface area contributed by atoms with Crippen molar-refractivity contribution in [3.63, 3.8) is 0 Å². The van der Waals surface area contributed by atoms with E-state index >= 15 is 0 Å². The Morgan fingerprint density at radius 2 is 2.00 bits per heavy atom. The summed E-state index contributed by atoms with van der Waals surface area (Å²) in [7, 11) is 0. The van der Waals surface area contributed by atoms with Crippen molar-refractivity contribution in [3.8, 4) is 0 Å². The molecule has 37 heavy (non-hydrogen) atoms. The molecule has 0 spiro atoms. The summed E-state index contributed by atoms with van der Waals surface area (Å²) in [6, 6.07) is 4.87. The average molecular weight is 534 g/mol. The van der Waals surface area contributed by atoms with E-state index in [1.165, 1.54) is 0 Å². The van der Waals surface area contributed by atoms with Crippen molar-refractivity contribution in [2.75, 3.05) is 19.7 Å². The molecular formula is C25H32ClN5O6. The highest BCUT2D eigenvalue weighted by Crippen LogP contribution is 2.23. The predicted octanol–water partition coefficient (Wildman–Crippen LogP) is 1.05. The average Bonchev–Trinajstić information content (AvgIpc) is 3.32. The van der Waals surface area contributed by atoms with E-state index in [0.29, 0.717) is 23.5 Å². The van der Waals surface area contributed by atoms with Crippen LogP contribution in [0.15, 0.2) is 24.3 Å². The van der Waals surface area contributed by atoms with Gasteiger partial charge in [-0.25, -0.2) is 0 Å². The summed E-state index contributed by atoms with van der Waals surface area (Å²) < 4.78 is 5.05. The molecule has 0 saturated carbocycles. The molecule has 3 amide bonds. The second kappa shape index (κ2) is 12.7. The second-order valence-corrected chi connectivity index (χ2v) is 9.81. The first-order chi connectivity index (χ1) is 17.6. The Hall–Kier alpha value is -3.44. The Kier molecular flexibility index (Phi) is 9.65. The molecule has 1 saturated heterocycles. The summed E-state index contributed by atoms with van der Waals surface area (Å²) in [5, 5.41) is 9.00. The van der Waals surface area contributed by atoms with Gasteiger partial charge in [-0.05, 0) is 37.3 Å². The monoisotopic (exact) mass is 533 g/mol. The molecule has 1 fully saturated rings. The maximum Gasteiger partial charge on any atom is 0.323 e. The number of amides is 3. The zero-order chi connectivity index (χ0) is 27.1. The number of ketones is 1. The topological polar surface area (TPSA) is 172 Å². The molecule has 3 rings (SSSR count). The first-order valence-corrected chi connectivity index (χ1v) is 12.5. The van der Waals surface area contributed by atoms with Crippen molar-refractivity contribution in [2.45, 2.75) is 45.2 Å². The van der Waals surface area contributed by atoms with Crippen LogP contribution in [0, 0.1) is 11.8 Å². The van der Waals surface area contributed by atoms with Gasteiger partial charge in [0.2, 0.25) is 11.8 Å². The molecule has 1 aromatic carbocycles. The van der Waals surface area contributed by atoms with E-state index in [1.807, 2.05) is 0 Å². The van der Waals surface area contributed by atoms with Crippen molar-refractivity contribution in [1.29, 1.82) is 0 Å². The van der Waals surface area contributed by atoms with Gasteiger partial charge < -0.3 is 31.4 Å². The quantitative estimate of drug-likeness (QED) is 0.268. The lowest BCUT2D eigenvalue weighted by molar-refractivity contribution is -0.151. The number of hydrogen-bond donors (Lipinski definition) is 5. The SMILES string of the molecule is CC(C)C(N)C(=O)OCC(=O)C(CC1CCCNC1=O)NC(=O)CNC(=O)c1cc2cccc(Cl)c2[nH]1. The molecule has 1 aliphatic rings. The van der Waals surface area contributed by atoms with Gasteiger partial charge in [-0.15, -0.1) is 0 Å². The highest BCUT2D eigenvalue weighted by molar-refractivity contribution is 6.35. The van der Waals surface area contributed by atoms with Gasteiger partial charge in [0.1, 0.15) is 11.7 Å². The molecule has 200 valence electrons. The third kappa shape index (κ3) is 7.53. The number of rotatable bonds is 11. The number of carbonyl (C=O) groups is 5. The third-order valence-corrected chi connectivity index (χ3v) is 6.57. The first kappa shape index (κ1) is 28.1. The van der Waals surface area contributed by atoms with Crippen LogP contribution in [-0.4, -0.2) is 66.2 Å². The number of H-pyrrole nitrogens is 1. The summed E-state index contributed by atoms with van der Waals surface area (Å²) >= 11 is 6.13. The van der Waals surface area contributed by atoms with Crippen LogP contribution in [0.2, 0.25) is 5.02 Å². The number of carbonyl (C=O) groups excluding carboxylic acids is 5. The predicted molar refractivity (Wildman–Crippen MR) is 137 cm³/mol. The van der Waals surface area contributed by atoms with Crippen LogP contribution in [0.3, 0.4) is 0 Å². The molecular weight excluding hydrogens is 502 g/mol.